The van der Waals surface area contributed by atoms with Crippen LogP contribution >= 0.6 is 11.6 Å². The number of carbonyl (C=O) groups is 2. The van der Waals surface area contributed by atoms with E-state index in [1.54, 1.807) is 29.2 Å². The molecular weight excluding hydrogens is 390 g/mol. The van der Waals surface area contributed by atoms with Crippen molar-refractivity contribution >= 4 is 40.0 Å². The van der Waals surface area contributed by atoms with Gasteiger partial charge in [0, 0.05) is 29.9 Å². The van der Waals surface area contributed by atoms with E-state index in [9.17, 15) is 14.4 Å². The number of anilines is 1. The number of nitrogens with zero attached hydrogens (tertiary/aromatic N) is 1. The van der Waals surface area contributed by atoms with Crippen LogP contribution < -0.4 is 10.9 Å². The smallest absolute Gasteiger partial charge is 0.255 e. The van der Waals surface area contributed by atoms with Crippen molar-refractivity contribution in [3.8, 4) is 0 Å². The molecular formula is C22H22ClN3O3. The number of halogens is 1. The first-order valence-corrected chi connectivity index (χ1v) is 9.80. The maximum Gasteiger partial charge on any atom is 0.255 e. The quantitative estimate of drug-likeness (QED) is 0.646. The molecule has 0 spiro atoms. The molecule has 1 aromatic heterocycles. The Balaban J connectivity index is 1.74. The molecule has 29 heavy (non-hydrogen) atoms. The summed E-state index contributed by atoms with van der Waals surface area (Å²) in [5.41, 5.74) is 1.66. The Hall–Kier alpha value is -3.12. The molecule has 2 N–H and O–H groups in total. The molecule has 2 amide bonds. The van der Waals surface area contributed by atoms with Gasteiger partial charge in [-0.15, -0.1) is 0 Å². The van der Waals surface area contributed by atoms with Crippen LogP contribution in [0.5, 0.6) is 0 Å². The number of amides is 2. The van der Waals surface area contributed by atoms with E-state index < -0.39 is 0 Å². The Morgan fingerprint density at radius 3 is 2.48 bits per heavy atom. The van der Waals surface area contributed by atoms with Crippen molar-refractivity contribution in [2.75, 3.05) is 18.4 Å². The molecule has 3 rings (SSSR count). The second kappa shape index (κ2) is 8.92. The predicted octanol–water partition coefficient (Wildman–Crippen LogP) is 3.84. The first kappa shape index (κ1) is 20.6. The van der Waals surface area contributed by atoms with E-state index in [0.717, 1.165) is 10.9 Å². The lowest BCUT2D eigenvalue weighted by molar-refractivity contribution is -0.115. The molecule has 0 saturated carbocycles. The van der Waals surface area contributed by atoms with E-state index in [1.807, 2.05) is 38.1 Å². The minimum Gasteiger partial charge on any atom is -0.339 e. The van der Waals surface area contributed by atoms with Gasteiger partial charge in [0.2, 0.25) is 5.91 Å². The Morgan fingerprint density at radius 2 is 1.79 bits per heavy atom. The number of rotatable bonds is 6. The summed E-state index contributed by atoms with van der Waals surface area (Å²) in [6.07, 6.45) is -0.0715. The number of aromatic amines is 1. The van der Waals surface area contributed by atoms with Crippen LogP contribution in [0.15, 0.2) is 53.3 Å². The molecule has 0 bridgehead atoms. The largest absolute Gasteiger partial charge is 0.339 e. The predicted molar refractivity (Wildman–Crippen MR) is 116 cm³/mol. The zero-order chi connectivity index (χ0) is 21.0. The monoisotopic (exact) mass is 411 g/mol. The minimum atomic E-state index is -0.343. The highest BCUT2D eigenvalue weighted by molar-refractivity contribution is 6.34. The van der Waals surface area contributed by atoms with Gasteiger partial charge in [-0.3, -0.25) is 14.4 Å². The number of H-pyrrole nitrogens is 1. The first-order valence-electron chi connectivity index (χ1n) is 9.42. The van der Waals surface area contributed by atoms with E-state index in [0.29, 0.717) is 29.9 Å². The Bertz CT molecular complexity index is 1120. The molecule has 2 aromatic carbocycles. The Labute approximate surface area is 173 Å². The Kier molecular flexibility index (Phi) is 6.34. The zero-order valence-corrected chi connectivity index (χ0v) is 17.0. The van der Waals surface area contributed by atoms with E-state index in [4.69, 9.17) is 11.6 Å². The molecule has 0 fully saturated rings. The third kappa shape index (κ3) is 4.66. The lowest BCUT2D eigenvalue weighted by atomic mass is 10.1. The molecule has 0 aliphatic rings. The van der Waals surface area contributed by atoms with Crippen LogP contribution in [0.2, 0.25) is 5.02 Å². The van der Waals surface area contributed by atoms with Crippen LogP contribution in [0.1, 0.15) is 29.8 Å². The third-order valence-electron chi connectivity index (χ3n) is 4.72. The van der Waals surface area contributed by atoms with Crippen molar-refractivity contribution < 1.29 is 9.59 Å². The standard InChI is InChI=1S/C22H22ClN3O3/c1-3-26(4-2)22(29)17-10-9-16(13-18(17)23)24-20(27)12-15-11-14-7-5-6-8-19(14)25-21(15)28/h5-11,13H,3-4,12H2,1-2H3,(H,24,27)(H,25,28). The normalized spacial score (nSPS) is 10.7. The van der Waals surface area contributed by atoms with Crippen molar-refractivity contribution in [3.05, 3.63) is 75.0 Å². The molecule has 0 radical (unpaired) electrons. The van der Waals surface area contributed by atoms with Crippen molar-refractivity contribution in [1.82, 2.24) is 9.88 Å². The average molecular weight is 412 g/mol. The van der Waals surface area contributed by atoms with E-state index >= 15 is 0 Å². The van der Waals surface area contributed by atoms with Crippen LogP contribution in [-0.4, -0.2) is 34.8 Å². The number of carbonyl (C=O) groups excluding carboxylic acids is 2. The molecule has 1 heterocycles. The van der Waals surface area contributed by atoms with E-state index in [-0.39, 0.29) is 28.8 Å². The minimum absolute atomic E-state index is 0.0715. The molecule has 0 unspecified atom stereocenters. The van der Waals surface area contributed by atoms with Gasteiger partial charge in [-0.2, -0.15) is 0 Å². The topological polar surface area (TPSA) is 82.3 Å². The maximum atomic E-state index is 12.5. The fourth-order valence-corrected chi connectivity index (χ4v) is 3.41. The lowest BCUT2D eigenvalue weighted by Gasteiger charge is -2.19. The SMILES string of the molecule is CCN(CC)C(=O)c1ccc(NC(=O)Cc2cc3ccccc3[nH]c2=O)cc1Cl. The van der Waals surface area contributed by atoms with Gasteiger partial charge in [-0.1, -0.05) is 29.8 Å². The molecule has 0 aliphatic carbocycles. The second-order valence-electron chi connectivity index (χ2n) is 6.61. The summed E-state index contributed by atoms with van der Waals surface area (Å²) in [4.78, 5) is 41.6. The first-order chi connectivity index (χ1) is 13.9. The maximum absolute atomic E-state index is 12.5. The number of benzene rings is 2. The highest BCUT2D eigenvalue weighted by Gasteiger charge is 2.17. The summed E-state index contributed by atoms with van der Waals surface area (Å²) in [5, 5.41) is 3.85. The number of aromatic nitrogens is 1. The van der Waals surface area contributed by atoms with Gasteiger partial charge in [-0.05, 0) is 49.6 Å². The molecule has 3 aromatic rings. The molecule has 6 nitrogen and oxygen atoms in total. The van der Waals surface area contributed by atoms with Crippen LogP contribution in [0.3, 0.4) is 0 Å². The zero-order valence-electron chi connectivity index (χ0n) is 16.3. The number of fused-ring (bicyclic) bond motifs is 1. The van der Waals surface area contributed by atoms with Crippen molar-refractivity contribution in [2.45, 2.75) is 20.3 Å². The van der Waals surface area contributed by atoms with Gasteiger partial charge in [0.05, 0.1) is 17.0 Å². The summed E-state index contributed by atoms with van der Waals surface area (Å²) in [7, 11) is 0. The van der Waals surface area contributed by atoms with Gasteiger partial charge in [0.15, 0.2) is 0 Å². The van der Waals surface area contributed by atoms with Crippen LogP contribution in [0.25, 0.3) is 10.9 Å². The molecule has 0 saturated heterocycles. The van der Waals surface area contributed by atoms with E-state index in [1.165, 1.54) is 0 Å². The summed E-state index contributed by atoms with van der Waals surface area (Å²) >= 11 is 6.26. The number of nitrogens with one attached hydrogen (secondary N) is 2. The second-order valence-corrected chi connectivity index (χ2v) is 7.02. The fourth-order valence-electron chi connectivity index (χ4n) is 3.15. The summed E-state index contributed by atoms with van der Waals surface area (Å²) in [6, 6.07) is 13.9. The van der Waals surface area contributed by atoms with Crippen molar-refractivity contribution in [3.63, 3.8) is 0 Å². The number of para-hydroxylation sites is 1. The van der Waals surface area contributed by atoms with Crippen LogP contribution in [0, 0.1) is 0 Å². The van der Waals surface area contributed by atoms with Gasteiger partial charge >= 0.3 is 0 Å². The lowest BCUT2D eigenvalue weighted by Crippen LogP contribution is -2.30. The molecule has 0 atom stereocenters. The highest BCUT2D eigenvalue weighted by Crippen LogP contribution is 2.23. The number of hydrogen-bond donors (Lipinski definition) is 2. The van der Waals surface area contributed by atoms with Crippen LogP contribution in [-0.2, 0) is 11.2 Å². The van der Waals surface area contributed by atoms with Gasteiger partial charge in [-0.25, -0.2) is 0 Å². The fraction of sp³-hybridized carbons (Fsp3) is 0.227. The van der Waals surface area contributed by atoms with Crippen molar-refractivity contribution in [1.29, 1.82) is 0 Å². The molecule has 0 aliphatic heterocycles. The Morgan fingerprint density at radius 1 is 1.07 bits per heavy atom. The number of hydrogen-bond acceptors (Lipinski definition) is 3. The van der Waals surface area contributed by atoms with Gasteiger partial charge in [0.1, 0.15) is 0 Å². The summed E-state index contributed by atoms with van der Waals surface area (Å²) in [5.74, 6) is -0.495. The van der Waals surface area contributed by atoms with Crippen LogP contribution in [0.4, 0.5) is 5.69 Å². The third-order valence-corrected chi connectivity index (χ3v) is 5.03. The van der Waals surface area contributed by atoms with E-state index in [2.05, 4.69) is 10.3 Å². The number of pyridine rings is 1. The molecule has 150 valence electrons. The summed E-state index contributed by atoms with van der Waals surface area (Å²) < 4.78 is 0. The van der Waals surface area contributed by atoms with Gasteiger partial charge in [0.25, 0.3) is 11.5 Å². The molecule has 7 heteroatoms. The summed E-state index contributed by atoms with van der Waals surface area (Å²) in [6.45, 7) is 4.98. The average Bonchev–Trinajstić information content (AvgIpc) is 2.69. The highest BCUT2D eigenvalue weighted by atomic mass is 35.5. The van der Waals surface area contributed by atoms with Crippen molar-refractivity contribution in [2.24, 2.45) is 0 Å². The van der Waals surface area contributed by atoms with Gasteiger partial charge < -0.3 is 15.2 Å².